The Kier molecular flexibility index (Phi) is 2.18. The summed E-state index contributed by atoms with van der Waals surface area (Å²) in [6, 6.07) is 10.5. The number of nitrogens with zero attached hydrogens (tertiary/aromatic N) is 2. The van der Waals surface area contributed by atoms with Gasteiger partial charge in [0.1, 0.15) is 11.5 Å². The van der Waals surface area contributed by atoms with Gasteiger partial charge in [0.2, 0.25) is 0 Å². The van der Waals surface area contributed by atoms with Crippen LogP contribution < -0.4 is 0 Å². The van der Waals surface area contributed by atoms with Gasteiger partial charge in [0.05, 0.1) is 5.69 Å². The molecule has 0 amide bonds. The molecular weight excluding hydrogens is 215 g/mol. The van der Waals surface area contributed by atoms with Crippen molar-refractivity contribution < 1.29 is 4.39 Å². The van der Waals surface area contributed by atoms with Gasteiger partial charge in [-0.25, -0.2) is 9.37 Å². The van der Waals surface area contributed by atoms with Crippen LogP contribution in [0.5, 0.6) is 0 Å². The maximum atomic E-state index is 13.2. The van der Waals surface area contributed by atoms with Crippen LogP contribution in [0.25, 0.3) is 16.9 Å². The third kappa shape index (κ3) is 1.69. The Morgan fingerprint density at radius 2 is 2.06 bits per heavy atom. The van der Waals surface area contributed by atoms with Gasteiger partial charge < -0.3 is 4.40 Å². The van der Waals surface area contributed by atoms with Crippen LogP contribution in [0.3, 0.4) is 0 Å². The number of imidazole rings is 1. The molecule has 2 nitrogen and oxygen atoms in total. The Balaban J connectivity index is 2.22. The number of aryl methyl sites for hydroxylation is 1. The number of hydrogen-bond donors (Lipinski definition) is 0. The van der Waals surface area contributed by atoms with Gasteiger partial charge >= 0.3 is 0 Å². The zero-order valence-electron chi connectivity index (χ0n) is 9.39. The number of aromatic nitrogens is 2. The topological polar surface area (TPSA) is 17.3 Å². The summed E-state index contributed by atoms with van der Waals surface area (Å²) >= 11 is 0. The number of hydrogen-bond acceptors (Lipinski definition) is 1. The predicted octanol–water partition coefficient (Wildman–Crippen LogP) is 3.45. The van der Waals surface area contributed by atoms with E-state index in [0.29, 0.717) is 0 Å². The summed E-state index contributed by atoms with van der Waals surface area (Å²) in [7, 11) is 0. The van der Waals surface area contributed by atoms with Crippen LogP contribution in [0.15, 0.2) is 48.8 Å². The minimum absolute atomic E-state index is 0.240. The molecule has 0 saturated carbocycles. The van der Waals surface area contributed by atoms with Crippen molar-refractivity contribution in [3.63, 3.8) is 0 Å². The summed E-state index contributed by atoms with van der Waals surface area (Å²) in [6.07, 6.45) is 3.86. The number of benzene rings is 1. The summed E-state index contributed by atoms with van der Waals surface area (Å²) in [5.74, 6) is -0.240. The van der Waals surface area contributed by atoms with Crippen molar-refractivity contribution in [3.05, 3.63) is 60.2 Å². The van der Waals surface area contributed by atoms with E-state index in [9.17, 15) is 4.39 Å². The fourth-order valence-electron chi connectivity index (χ4n) is 1.94. The first-order chi connectivity index (χ1) is 8.24. The molecule has 3 aromatic rings. The molecule has 0 unspecified atom stereocenters. The van der Waals surface area contributed by atoms with Gasteiger partial charge in [-0.15, -0.1) is 0 Å². The van der Waals surface area contributed by atoms with Crippen molar-refractivity contribution in [3.8, 4) is 11.3 Å². The molecule has 3 rings (SSSR count). The minimum Gasteiger partial charge on any atom is -0.306 e. The fraction of sp³-hybridized carbons (Fsp3) is 0.0714. The van der Waals surface area contributed by atoms with Crippen molar-refractivity contribution >= 4 is 5.65 Å². The smallest absolute Gasteiger partial charge is 0.140 e. The van der Waals surface area contributed by atoms with Crippen LogP contribution in [0.4, 0.5) is 4.39 Å². The maximum Gasteiger partial charge on any atom is 0.140 e. The molecule has 2 heterocycles. The van der Waals surface area contributed by atoms with Crippen LogP contribution in [-0.2, 0) is 0 Å². The number of halogens is 1. The zero-order chi connectivity index (χ0) is 11.8. The molecular formula is C14H11FN2. The lowest BCUT2D eigenvalue weighted by atomic mass is 10.2. The Morgan fingerprint density at radius 1 is 1.18 bits per heavy atom. The molecule has 0 fully saturated rings. The first-order valence-corrected chi connectivity index (χ1v) is 5.44. The molecule has 0 atom stereocenters. The number of pyridine rings is 1. The largest absolute Gasteiger partial charge is 0.306 e. The van der Waals surface area contributed by atoms with Crippen molar-refractivity contribution in [1.29, 1.82) is 0 Å². The Morgan fingerprint density at radius 3 is 2.82 bits per heavy atom. The Bertz CT molecular complexity index is 686. The van der Waals surface area contributed by atoms with Gasteiger partial charge in [-0.05, 0) is 30.7 Å². The molecule has 0 saturated heterocycles. The van der Waals surface area contributed by atoms with E-state index in [1.807, 2.05) is 41.9 Å². The summed E-state index contributed by atoms with van der Waals surface area (Å²) in [5, 5.41) is 0. The lowest BCUT2D eigenvalue weighted by Crippen LogP contribution is -1.83. The van der Waals surface area contributed by atoms with Gasteiger partial charge in [0.25, 0.3) is 0 Å². The van der Waals surface area contributed by atoms with Crippen LogP contribution >= 0.6 is 0 Å². The van der Waals surface area contributed by atoms with Crippen molar-refractivity contribution in [2.45, 2.75) is 6.92 Å². The number of rotatable bonds is 1. The highest BCUT2D eigenvalue weighted by Crippen LogP contribution is 2.21. The molecule has 3 heteroatoms. The summed E-state index contributed by atoms with van der Waals surface area (Å²) in [6.45, 7) is 2.01. The molecule has 2 aromatic heterocycles. The Hall–Kier alpha value is -2.16. The Labute approximate surface area is 98.4 Å². The van der Waals surface area contributed by atoms with E-state index in [-0.39, 0.29) is 5.82 Å². The molecule has 0 N–H and O–H groups in total. The average molecular weight is 226 g/mol. The predicted molar refractivity (Wildman–Crippen MR) is 65.3 cm³/mol. The highest BCUT2D eigenvalue weighted by molar-refractivity contribution is 5.64. The first kappa shape index (κ1) is 10.0. The molecule has 0 radical (unpaired) electrons. The van der Waals surface area contributed by atoms with Crippen LogP contribution in [-0.4, -0.2) is 9.38 Å². The fourth-order valence-corrected chi connectivity index (χ4v) is 1.94. The molecule has 0 aliphatic rings. The summed E-state index contributed by atoms with van der Waals surface area (Å²) in [5.41, 5.74) is 3.61. The molecule has 84 valence electrons. The second-order valence-corrected chi connectivity index (χ2v) is 4.06. The second kappa shape index (κ2) is 3.70. The van der Waals surface area contributed by atoms with Gasteiger partial charge in [0, 0.05) is 18.0 Å². The molecule has 17 heavy (non-hydrogen) atoms. The zero-order valence-corrected chi connectivity index (χ0v) is 9.39. The van der Waals surface area contributed by atoms with E-state index in [1.54, 1.807) is 6.07 Å². The average Bonchev–Trinajstić information content (AvgIpc) is 2.74. The standard InChI is InChI=1S/C14H11FN2/c1-10-4-3-7-17-9-13(16-14(10)17)11-5-2-6-12(15)8-11/h2-9H,1H3. The highest BCUT2D eigenvalue weighted by Gasteiger charge is 2.06. The van der Waals surface area contributed by atoms with Crippen molar-refractivity contribution in [2.24, 2.45) is 0 Å². The molecule has 0 aliphatic heterocycles. The number of fused-ring (bicyclic) bond motifs is 1. The summed E-state index contributed by atoms with van der Waals surface area (Å²) < 4.78 is 15.1. The molecule has 1 aromatic carbocycles. The molecule has 0 bridgehead atoms. The second-order valence-electron chi connectivity index (χ2n) is 4.06. The van der Waals surface area contributed by atoms with Crippen LogP contribution in [0.1, 0.15) is 5.56 Å². The third-order valence-corrected chi connectivity index (χ3v) is 2.80. The third-order valence-electron chi connectivity index (χ3n) is 2.80. The molecule has 0 aliphatic carbocycles. The maximum absolute atomic E-state index is 13.2. The van der Waals surface area contributed by atoms with Crippen molar-refractivity contribution in [2.75, 3.05) is 0 Å². The van der Waals surface area contributed by atoms with Gasteiger partial charge in [-0.3, -0.25) is 0 Å². The first-order valence-electron chi connectivity index (χ1n) is 5.44. The highest BCUT2D eigenvalue weighted by atomic mass is 19.1. The van der Waals surface area contributed by atoms with Crippen LogP contribution in [0, 0.1) is 12.7 Å². The summed E-state index contributed by atoms with van der Waals surface area (Å²) in [4.78, 5) is 4.52. The van der Waals surface area contributed by atoms with Gasteiger partial charge in [-0.1, -0.05) is 18.2 Å². The monoisotopic (exact) mass is 226 g/mol. The van der Waals surface area contributed by atoms with Crippen molar-refractivity contribution in [1.82, 2.24) is 9.38 Å². The van der Waals surface area contributed by atoms with E-state index in [4.69, 9.17) is 0 Å². The SMILES string of the molecule is Cc1cccn2cc(-c3cccc(F)c3)nc12. The quantitative estimate of drug-likeness (QED) is 0.621. The van der Waals surface area contributed by atoms with Crippen LogP contribution in [0.2, 0.25) is 0 Å². The lowest BCUT2D eigenvalue weighted by Gasteiger charge is -1.95. The van der Waals surface area contributed by atoms with Gasteiger partial charge in [0.15, 0.2) is 0 Å². The van der Waals surface area contributed by atoms with Gasteiger partial charge in [-0.2, -0.15) is 0 Å². The van der Waals surface area contributed by atoms with E-state index < -0.39 is 0 Å². The molecule has 0 spiro atoms. The van der Waals surface area contributed by atoms with E-state index in [2.05, 4.69) is 4.98 Å². The van der Waals surface area contributed by atoms with E-state index in [0.717, 1.165) is 22.5 Å². The van der Waals surface area contributed by atoms with E-state index >= 15 is 0 Å². The normalized spacial score (nSPS) is 10.9. The van der Waals surface area contributed by atoms with E-state index in [1.165, 1.54) is 12.1 Å². The lowest BCUT2D eigenvalue weighted by molar-refractivity contribution is 0.628. The minimum atomic E-state index is -0.240.